The molecule has 0 saturated heterocycles. The third kappa shape index (κ3) is 0.483. The molecule has 46 valence electrons. The fourth-order valence-electron chi connectivity index (χ4n) is 0.864. The molecule has 0 amide bonds. The van der Waals surface area contributed by atoms with Crippen LogP contribution in [0.1, 0.15) is 5.82 Å². The highest BCUT2D eigenvalue weighted by Crippen LogP contribution is 2.04. The normalized spacial score (nSPS) is 10.8. The van der Waals surface area contributed by atoms with Crippen molar-refractivity contribution in [3.8, 4) is 0 Å². The third-order valence-corrected chi connectivity index (χ3v) is 1.33. The van der Waals surface area contributed by atoms with E-state index >= 15 is 0 Å². The number of hydrogen-bond acceptors (Lipinski definition) is 2. The van der Waals surface area contributed by atoms with Gasteiger partial charge in [-0.2, -0.15) is 0 Å². The summed E-state index contributed by atoms with van der Waals surface area (Å²) in [5.74, 6) is 0.884. The average Bonchev–Trinajstić information content (AvgIpc) is 2.35. The first-order valence-corrected chi connectivity index (χ1v) is 2.77. The van der Waals surface area contributed by atoms with E-state index in [-0.39, 0.29) is 0 Å². The Morgan fingerprint density at radius 1 is 1.67 bits per heavy atom. The zero-order valence-electron chi connectivity index (χ0n) is 5.03. The van der Waals surface area contributed by atoms with Crippen molar-refractivity contribution in [3.63, 3.8) is 0 Å². The van der Waals surface area contributed by atoms with E-state index in [2.05, 4.69) is 5.16 Å². The number of fused-ring (bicyclic) bond motifs is 1. The predicted molar refractivity (Wildman–Crippen MR) is 32.2 cm³/mol. The molecule has 3 heteroatoms. The van der Waals surface area contributed by atoms with Crippen molar-refractivity contribution in [2.24, 2.45) is 0 Å². The van der Waals surface area contributed by atoms with Gasteiger partial charge in [-0.05, 0) is 13.0 Å². The van der Waals surface area contributed by atoms with Crippen LogP contribution in [0, 0.1) is 6.92 Å². The number of aryl methyl sites for hydroxylation is 1. The second-order valence-corrected chi connectivity index (χ2v) is 1.95. The van der Waals surface area contributed by atoms with Crippen molar-refractivity contribution in [3.05, 3.63) is 24.2 Å². The van der Waals surface area contributed by atoms with Gasteiger partial charge in [-0.15, -0.1) is 0 Å². The first-order valence-electron chi connectivity index (χ1n) is 2.77. The molecule has 0 radical (unpaired) electrons. The summed E-state index contributed by atoms with van der Waals surface area (Å²) in [5.41, 5.74) is 0.799. The van der Waals surface area contributed by atoms with Crippen LogP contribution in [0.4, 0.5) is 0 Å². The number of hydrogen-bond donors (Lipinski definition) is 0. The zero-order valence-corrected chi connectivity index (χ0v) is 5.03. The fourth-order valence-corrected chi connectivity index (χ4v) is 0.864. The van der Waals surface area contributed by atoms with E-state index in [0.717, 1.165) is 11.5 Å². The standard InChI is InChI=1S/C6H6N2O/c1-5-7-9-6-3-2-4-8(5)6/h2-4H,1H3. The van der Waals surface area contributed by atoms with E-state index in [0.29, 0.717) is 0 Å². The number of aromatic nitrogens is 2. The summed E-state index contributed by atoms with van der Waals surface area (Å²) >= 11 is 0. The molecule has 0 N–H and O–H groups in total. The molecule has 0 fully saturated rings. The molecule has 2 rings (SSSR count). The van der Waals surface area contributed by atoms with Gasteiger partial charge in [-0.25, -0.2) is 0 Å². The molecule has 0 atom stereocenters. The second-order valence-electron chi connectivity index (χ2n) is 1.95. The summed E-state index contributed by atoms with van der Waals surface area (Å²) in [7, 11) is 0. The fraction of sp³-hybridized carbons (Fsp3) is 0.167. The third-order valence-electron chi connectivity index (χ3n) is 1.33. The largest absolute Gasteiger partial charge is 0.336 e. The SMILES string of the molecule is Cc1noc2cccn12. The molecule has 3 nitrogen and oxygen atoms in total. The van der Waals surface area contributed by atoms with Crippen LogP contribution < -0.4 is 0 Å². The maximum Gasteiger partial charge on any atom is 0.235 e. The van der Waals surface area contributed by atoms with Crippen molar-refractivity contribution in [2.75, 3.05) is 0 Å². The lowest BCUT2D eigenvalue weighted by molar-refractivity contribution is 0.450. The Kier molecular flexibility index (Phi) is 0.704. The molecule has 0 spiro atoms. The van der Waals surface area contributed by atoms with Crippen molar-refractivity contribution < 1.29 is 4.52 Å². The van der Waals surface area contributed by atoms with Gasteiger partial charge >= 0.3 is 0 Å². The first kappa shape index (κ1) is 4.61. The predicted octanol–water partition coefficient (Wildman–Crippen LogP) is 1.24. The molecule has 0 aromatic carbocycles. The lowest BCUT2D eigenvalue weighted by Gasteiger charge is -1.78. The Morgan fingerprint density at radius 3 is 3.33 bits per heavy atom. The van der Waals surface area contributed by atoms with Crippen LogP contribution in [0.15, 0.2) is 22.9 Å². The van der Waals surface area contributed by atoms with Gasteiger partial charge in [0, 0.05) is 12.3 Å². The lowest BCUT2D eigenvalue weighted by Crippen LogP contribution is -1.79. The molecule has 0 unspecified atom stereocenters. The summed E-state index contributed by atoms with van der Waals surface area (Å²) in [6, 6.07) is 3.80. The van der Waals surface area contributed by atoms with E-state index in [1.807, 2.05) is 29.7 Å². The smallest absolute Gasteiger partial charge is 0.235 e. The summed E-state index contributed by atoms with van der Waals surface area (Å²) in [4.78, 5) is 0. The molecule has 2 aromatic rings. The molecule has 2 heterocycles. The van der Waals surface area contributed by atoms with E-state index in [4.69, 9.17) is 4.52 Å². The van der Waals surface area contributed by atoms with Gasteiger partial charge in [0.2, 0.25) is 5.71 Å². The Labute approximate surface area is 51.9 Å². The molecule has 0 aliphatic carbocycles. The van der Waals surface area contributed by atoms with Crippen LogP contribution in [0.2, 0.25) is 0 Å². The Balaban J connectivity index is 2.99. The lowest BCUT2D eigenvalue weighted by atomic mass is 10.7. The summed E-state index contributed by atoms with van der Waals surface area (Å²) in [6.07, 6.45) is 1.92. The minimum Gasteiger partial charge on any atom is -0.336 e. The van der Waals surface area contributed by atoms with Gasteiger partial charge < -0.3 is 4.52 Å². The van der Waals surface area contributed by atoms with Crippen LogP contribution in [0.25, 0.3) is 5.71 Å². The minimum absolute atomic E-state index is 0.799. The van der Waals surface area contributed by atoms with Crippen molar-refractivity contribution >= 4 is 5.71 Å². The van der Waals surface area contributed by atoms with Gasteiger partial charge in [0.15, 0.2) is 5.82 Å². The summed E-state index contributed by atoms with van der Waals surface area (Å²) in [5, 5.41) is 3.74. The molecule has 2 aromatic heterocycles. The average molecular weight is 122 g/mol. The first-order chi connectivity index (χ1) is 4.38. The summed E-state index contributed by atoms with van der Waals surface area (Å²) < 4.78 is 6.79. The maximum atomic E-state index is 4.90. The van der Waals surface area contributed by atoms with Gasteiger partial charge in [0.1, 0.15) is 0 Å². The molecule has 9 heavy (non-hydrogen) atoms. The highest BCUT2D eigenvalue weighted by molar-refractivity contribution is 5.34. The molecule has 0 aliphatic heterocycles. The highest BCUT2D eigenvalue weighted by atomic mass is 16.5. The highest BCUT2D eigenvalue weighted by Gasteiger charge is 1.98. The summed E-state index contributed by atoms with van der Waals surface area (Å²) in [6.45, 7) is 1.90. The molecular weight excluding hydrogens is 116 g/mol. The van der Waals surface area contributed by atoms with Gasteiger partial charge in [0.25, 0.3) is 0 Å². The minimum atomic E-state index is 0.799. The second kappa shape index (κ2) is 1.37. The molecule has 0 aliphatic rings. The molecular formula is C6H6N2O. The zero-order chi connectivity index (χ0) is 6.27. The van der Waals surface area contributed by atoms with Crippen LogP contribution in [-0.4, -0.2) is 9.56 Å². The van der Waals surface area contributed by atoms with Crippen LogP contribution in [-0.2, 0) is 0 Å². The van der Waals surface area contributed by atoms with E-state index in [9.17, 15) is 0 Å². The van der Waals surface area contributed by atoms with Crippen LogP contribution >= 0.6 is 0 Å². The van der Waals surface area contributed by atoms with Crippen molar-refractivity contribution in [2.45, 2.75) is 6.92 Å². The van der Waals surface area contributed by atoms with Crippen molar-refractivity contribution in [1.29, 1.82) is 0 Å². The van der Waals surface area contributed by atoms with Crippen LogP contribution in [0.3, 0.4) is 0 Å². The maximum absolute atomic E-state index is 4.90. The van der Waals surface area contributed by atoms with Gasteiger partial charge in [-0.3, -0.25) is 4.40 Å². The Morgan fingerprint density at radius 2 is 2.56 bits per heavy atom. The Bertz CT molecular complexity index is 320. The Hall–Kier alpha value is -1.25. The van der Waals surface area contributed by atoms with Gasteiger partial charge in [-0.1, -0.05) is 5.16 Å². The number of nitrogens with zero attached hydrogens (tertiary/aromatic N) is 2. The topological polar surface area (TPSA) is 30.4 Å². The van der Waals surface area contributed by atoms with Gasteiger partial charge in [0.05, 0.1) is 0 Å². The molecule has 0 saturated carbocycles. The molecule has 0 bridgehead atoms. The van der Waals surface area contributed by atoms with Crippen molar-refractivity contribution in [1.82, 2.24) is 9.56 Å². The van der Waals surface area contributed by atoms with E-state index in [1.54, 1.807) is 0 Å². The quantitative estimate of drug-likeness (QED) is 0.526. The number of rotatable bonds is 0. The monoisotopic (exact) mass is 122 g/mol. The van der Waals surface area contributed by atoms with E-state index < -0.39 is 0 Å². The van der Waals surface area contributed by atoms with Crippen LogP contribution in [0.5, 0.6) is 0 Å². The van der Waals surface area contributed by atoms with E-state index in [1.165, 1.54) is 0 Å².